The molecule has 1 aliphatic rings. The minimum atomic E-state index is -0.0549. The van der Waals surface area contributed by atoms with Crippen LogP contribution in [0.5, 0.6) is 0 Å². The molecular weight excluding hydrogens is 368 g/mol. The Morgan fingerprint density at radius 3 is 2.73 bits per heavy atom. The van der Waals surface area contributed by atoms with Crippen LogP contribution in [0.3, 0.4) is 0 Å². The number of hydrogen-bond donors (Lipinski definition) is 1. The summed E-state index contributed by atoms with van der Waals surface area (Å²) in [6.07, 6.45) is 1.48. The topological polar surface area (TPSA) is 49.4 Å². The number of amides is 2. The van der Waals surface area contributed by atoms with E-state index in [4.69, 9.17) is 11.6 Å². The third kappa shape index (κ3) is 4.80. The summed E-state index contributed by atoms with van der Waals surface area (Å²) in [6.45, 7) is 2.81. The van der Waals surface area contributed by atoms with Crippen molar-refractivity contribution in [2.75, 3.05) is 22.5 Å². The molecule has 1 unspecified atom stereocenters. The fourth-order valence-electron chi connectivity index (χ4n) is 2.90. The lowest BCUT2D eigenvalue weighted by molar-refractivity contribution is -0.117. The van der Waals surface area contributed by atoms with Crippen molar-refractivity contribution in [1.82, 2.24) is 0 Å². The molecule has 6 heteroatoms. The van der Waals surface area contributed by atoms with Crippen molar-refractivity contribution in [3.05, 3.63) is 59.1 Å². The van der Waals surface area contributed by atoms with Gasteiger partial charge in [-0.15, -0.1) is 11.8 Å². The maximum absolute atomic E-state index is 12.3. The molecule has 2 amide bonds. The zero-order valence-electron chi connectivity index (χ0n) is 14.6. The highest BCUT2D eigenvalue weighted by Crippen LogP contribution is 2.29. The molecule has 0 spiro atoms. The van der Waals surface area contributed by atoms with E-state index in [9.17, 15) is 9.59 Å². The summed E-state index contributed by atoms with van der Waals surface area (Å²) in [7, 11) is 0. The van der Waals surface area contributed by atoms with E-state index in [0.29, 0.717) is 22.9 Å². The first kappa shape index (κ1) is 18.8. The predicted octanol–water partition coefficient (Wildman–Crippen LogP) is 4.90. The van der Waals surface area contributed by atoms with Crippen molar-refractivity contribution in [2.45, 2.75) is 25.0 Å². The first-order valence-corrected chi connectivity index (χ1v) is 10.0. The van der Waals surface area contributed by atoms with Gasteiger partial charge in [0.1, 0.15) is 0 Å². The minimum absolute atomic E-state index is 0.0549. The van der Waals surface area contributed by atoms with Crippen LogP contribution in [-0.4, -0.2) is 24.1 Å². The van der Waals surface area contributed by atoms with Crippen molar-refractivity contribution in [3.8, 4) is 0 Å². The van der Waals surface area contributed by atoms with Crippen LogP contribution in [0.15, 0.2) is 48.5 Å². The van der Waals surface area contributed by atoms with E-state index >= 15 is 0 Å². The summed E-state index contributed by atoms with van der Waals surface area (Å²) in [5.74, 6) is 0.443. The van der Waals surface area contributed by atoms with Gasteiger partial charge in [-0.1, -0.05) is 29.8 Å². The number of anilines is 2. The van der Waals surface area contributed by atoms with E-state index in [1.807, 2.05) is 48.5 Å². The Morgan fingerprint density at radius 1 is 1.27 bits per heavy atom. The molecule has 1 aliphatic heterocycles. The van der Waals surface area contributed by atoms with Gasteiger partial charge < -0.3 is 10.2 Å². The average Bonchev–Trinajstić information content (AvgIpc) is 3.06. The van der Waals surface area contributed by atoms with Crippen LogP contribution < -0.4 is 10.2 Å². The van der Waals surface area contributed by atoms with Crippen LogP contribution >= 0.6 is 23.4 Å². The van der Waals surface area contributed by atoms with Gasteiger partial charge in [-0.3, -0.25) is 9.59 Å². The van der Waals surface area contributed by atoms with Crippen molar-refractivity contribution >= 4 is 46.6 Å². The Hall–Kier alpha value is -1.98. The van der Waals surface area contributed by atoms with Crippen LogP contribution in [0.25, 0.3) is 0 Å². The summed E-state index contributed by atoms with van der Waals surface area (Å²) in [4.78, 5) is 25.9. The van der Waals surface area contributed by atoms with Gasteiger partial charge in [0.05, 0.1) is 5.75 Å². The van der Waals surface area contributed by atoms with Gasteiger partial charge in [-0.05, 0) is 49.2 Å². The number of nitrogens with zero attached hydrogens (tertiary/aromatic N) is 1. The largest absolute Gasteiger partial charge is 0.325 e. The van der Waals surface area contributed by atoms with E-state index in [1.165, 1.54) is 0 Å². The molecule has 1 saturated heterocycles. The van der Waals surface area contributed by atoms with Crippen LogP contribution in [0.2, 0.25) is 5.02 Å². The molecule has 0 aliphatic carbocycles. The van der Waals surface area contributed by atoms with Crippen LogP contribution in [0.4, 0.5) is 11.4 Å². The Morgan fingerprint density at radius 2 is 2.04 bits per heavy atom. The zero-order chi connectivity index (χ0) is 18.5. The van der Waals surface area contributed by atoms with Gasteiger partial charge in [0, 0.05) is 34.6 Å². The van der Waals surface area contributed by atoms with Crippen molar-refractivity contribution in [2.24, 2.45) is 0 Å². The molecule has 1 fully saturated rings. The number of carbonyl (C=O) groups is 2. The number of halogens is 1. The summed E-state index contributed by atoms with van der Waals surface area (Å²) in [5, 5.41) is 3.83. The lowest BCUT2D eigenvalue weighted by atomic mass is 10.2. The number of hydrogen-bond acceptors (Lipinski definition) is 3. The number of rotatable bonds is 6. The Kier molecular flexibility index (Phi) is 6.22. The highest BCUT2D eigenvalue weighted by atomic mass is 35.5. The minimum Gasteiger partial charge on any atom is -0.325 e. The molecule has 136 valence electrons. The van der Waals surface area contributed by atoms with Crippen LogP contribution in [-0.2, 0) is 9.59 Å². The fraction of sp³-hybridized carbons (Fsp3) is 0.300. The molecule has 2 aromatic carbocycles. The smallest absolute Gasteiger partial charge is 0.234 e. The predicted molar refractivity (Wildman–Crippen MR) is 109 cm³/mol. The molecule has 3 rings (SSSR count). The molecule has 1 heterocycles. The summed E-state index contributed by atoms with van der Waals surface area (Å²) >= 11 is 7.48. The second-order valence-corrected chi connectivity index (χ2v) is 8.02. The number of benzene rings is 2. The number of thioether (sulfide) groups is 1. The van der Waals surface area contributed by atoms with E-state index in [2.05, 4.69) is 12.2 Å². The molecule has 4 nitrogen and oxygen atoms in total. The number of carbonyl (C=O) groups excluding carboxylic acids is 2. The lowest BCUT2D eigenvalue weighted by Crippen LogP contribution is -2.23. The molecule has 1 N–H and O–H groups in total. The fourth-order valence-corrected chi connectivity index (χ4v) is 3.85. The molecule has 1 atom stereocenters. The second kappa shape index (κ2) is 8.60. The molecular formula is C20H21ClN2O2S. The van der Waals surface area contributed by atoms with E-state index < -0.39 is 0 Å². The molecule has 0 saturated carbocycles. The third-order valence-corrected chi connectivity index (χ3v) is 5.77. The van der Waals surface area contributed by atoms with E-state index in [1.54, 1.807) is 16.7 Å². The summed E-state index contributed by atoms with van der Waals surface area (Å²) < 4.78 is 0. The van der Waals surface area contributed by atoms with E-state index in [-0.39, 0.29) is 17.1 Å². The monoisotopic (exact) mass is 388 g/mol. The average molecular weight is 389 g/mol. The van der Waals surface area contributed by atoms with Crippen molar-refractivity contribution in [3.63, 3.8) is 0 Å². The SMILES string of the molecule is CC(SCC(=O)Nc1cccc(N2CCCC2=O)c1)c1ccc(Cl)cc1. The van der Waals surface area contributed by atoms with Crippen molar-refractivity contribution < 1.29 is 9.59 Å². The molecule has 2 aromatic rings. The summed E-state index contributed by atoms with van der Waals surface area (Å²) in [5.41, 5.74) is 2.70. The van der Waals surface area contributed by atoms with E-state index in [0.717, 1.165) is 24.2 Å². The molecule has 0 aromatic heterocycles. The Balaban J connectivity index is 1.55. The first-order chi connectivity index (χ1) is 12.5. The Bertz CT molecular complexity index is 795. The van der Waals surface area contributed by atoms with Gasteiger partial charge >= 0.3 is 0 Å². The molecule has 0 radical (unpaired) electrons. The van der Waals surface area contributed by atoms with Gasteiger partial charge in [0.2, 0.25) is 11.8 Å². The van der Waals surface area contributed by atoms with Gasteiger partial charge in [-0.25, -0.2) is 0 Å². The first-order valence-electron chi connectivity index (χ1n) is 8.60. The summed E-state index contributed by atoms with van der Waals surface area (Å²) in [6, 6.07) is 15.1. The van der Waals surface area contributed by atoms with Crippen LogP contribution in [0.1, 0.15) is 30.6 Å². The number of nitrogens with one attached hydrogen (secondary N) is 1. The standard InChI is InChI=1S/C20H21ClN2O2S/c1-14(15-7-9-16(21)10-8-15)26-13-19(24)22-17-4-2-5-18(12-17)23-11-3-6-20(23)25/h2,4-5,7-10,12,14H,3,6,11,13H2,1H3,(H,22,24). The highest BCUT2D eigenvalue weighted by Gasteiger charge is 2.21. The highest BCUT2D eigenvalue weighted by molar-refractivity contribution is 8.00. The van der Waals surface area contributed by atoms with Gasteiger partial charge in [0.25, 0.3) is 0 Å². The molecule has 0 bridgehead atoms. The van der Waals surface area contributed by atoms with Gasteiger partial charge in [-0.2, -0.15) is 0 Å². The third-order valence-electron chi connectivity index (χ3n) is 4.32. The van der Waals surface area contributed by atoms with Gasteiger partial charge in [0.15, 0.2) is 0 Å². The van der Waals surface area contributed by atoms with Crippen LogP contribution in [0, 0.1) is 0 Å². The Labute approximate surface area is 162 Å². The quantitative estimate of drug-likeness (QED) is 0.765. The molecule has 26 heavy (non-hydrogen) atoms. The normalized spacial score (nSPS) is 15.2. The zero-order valence-corrected chi connectivity index (χ0v) is 16.1. The van der Waals surface area contributed by atoms with Crippen molar-refractivity contribution in [1.29, 1.82) is 0 Å². The second-order valence-electron chi connectivity index (χ2n) is 6.25. The maximum atomic E-state index is 12.3. The maximum Gasteiger partial charge on any atom is 0.234 e. The lowest BCUT2D eigenvalue weighted by Gasteiger charge is -2.17.